The van der Waals surface area contributed by atoms with Crippen LogP contribution in [-0.2, 0) is 0 Å². The van der Waals surface area contributed by atoms with Crippen LogP contribution in [-0.4, -0.2) is 28.0 Å². The monoisotopic (exact) mass is 260 g/mol. The molecule has 14 heavy (non-hydrogen) atoms. The molecule has 3 nitrogen and oxygen atoms in total. The smallest absolute Gasteiger partial charge is 0.107 e. The Labute approximate surface area is 91.1 Å². The molecule has 0 saturated heterocycles. The van der Waals surface area contributed by atoms with Crippen LogP contribution in [0.25, 0.3) is 0 Å². The Balaban J connectivity index is 3.01. The van der Waals surface area contributed by atoms with Gasteiger partial charge in [-0.1, -0.05) is 28.1 Å². The van der Waals surface area contributed by atoms with E-state index < -0.39 is 18.8 Å². The summed E-state index contributed by atoms with van der Waals surface area (Å²) in [4.78, 5) is 0. The van der Waals surface area contributed by atoms with Crippen molar-refractivity contribution in [2.45, 2.75) is 19.1 Å². The maximum atomic E-state index is 9.66. The molecule has 1 aromatic rings. The molecule has 0 heterocycles. The molecule has 0 fully saturated rings. The fraction of sp³-hybridized carbons (Fsp3) is 0.400. The number of hydrogen-bond donors (Lipinski definition) is 3. The summed E-state index contributed by atoms with van der Waals surface area (Å²) in [6, 6.07) is 5.36. The summed E-state index contributed by atoms with van der Waals surface area (Å²) in [7, 11) is 0. The van der Waals surface area contributed by atoms with Gasteiger partial charge >= 0.3 is 0 Å². The Bertz CT molecular complexity index is 314. The maximum absolute atomic E-state index is 9.66. The van der Waals surface area contributed by atoms with Crippen molar-refractivity contribution in [1.29, 1.82) is 0 Å². The van der Waals surface area contributed by atoms with Gasteiger partial charge in [-0.15, -0.1) is 0 Å². The van der Waals surface area contributed by atoms with E-state index in [1.807, 2.05) is 13.0 Å². The van der Waals surface area contributed by atoms with E-state index in [1.54, 1.807) is 12.1 Å². The highest BCUT2D eigenvalue weighted by molar-refractivity contribution is 9.10. The molecule has 1 aromatic carbocycles. The molecular weight excluding hydrogens is 248 g/mol. The first kappa shape index (κ1) is 11.7. The largest absolute Gasteiger partial charge is 0.394 e. The molecule has 4 heteroatoms. The topological polar surface area (TPSA) is 60.7 Å². The molecule has 0 spiro atoms. The lowest BCUT2D eigenvalue weighted by Crippen LogP contribution is -2.22. The zero-order chi connectivity index (χ0) is 10.7. The SMILES string of the molecule is Cc1c(Br)cccc1C(O)C(O)CO. The second kappa shape index (κ2) is 4.89. The quantitative estimate of drug-likeness (QED) is 0.764. The number of aliphatic hydroxyl groups excluding tert-OH is 3. The summed E-state index contributed by atoms with van der Waals surface area (Å²) in [6.07, 6.45) is -2.18. The van der Waals surface area contributed by atoms with Gasteiger partial charge in [-0.3, -0.25) is 0 Å². The Morgan fingerprint density at radius 1 is 1.36 bits per heavy atom. The normalized spacial score (nSPS) is 15.2. The molecule has 0 bridgehead atoms. The Hall–Kier alpha value is -0.420. The summed E-state index contributed by atoms with van der Waals surface area (Å²) in [5.74, 6) is 0. The molecular formula is C10H13BrO3. The van der Waals surface area contributed by atoms with Crippen molar-refractivity contribution in [3.8, 4) is 0 Å². The standard InChI is InChI=1S/C10H13BrO3/c1-6-7(3-2-4-8(6)11)10(14)9(13)5-12/h2-4,9-10,12-14H,5H2,1H3. The average Bonchev–Trinajstić information content (AvgIpc) is 2.20. The van der Waals surface area contributed by atoms with Crippen LogP contribution in [0, 0.1) is 6.92 Å². The van der Waals surface area contributed by atoms with Crippen LogP contribution in [0.1, 0.15) is 17.2 Å². The van der Waals surface area contributed by atoms with Gasteiger partial charge in [-0.2, -0.15) is 0 Å². The number of rotatable bonds is 3. The zero-order valence-corrected chi connectivity index (χ0v) is 9.40. The highest BCUT2D eigenvalue weighted by Crippen LogP contribution is 2.26. The molecule has 2 atom stereocenters. The van der Waals surface area contributed by atoms with Gasteiger partial charge < -0.3 is 15.3 Å². The third kappa shape index (κ3) is 2.33. The van der Waals surface area contributed by atoms with E-state index in [1.165, 1.54) is 0 Å². The van der Waals surface area contributed by atoms with Crippen LogP contribution in [0.5, 0.6) is 0 Å². The van der Waals surface area contributed by atoms with Crippen molar-refractivity contribution in [3.63, 3.8) is 0 Å². The molecule has 2 unspecified atom stereocenters. The van der Waals surface area contributed by atoms with Gasteiger partial charge in [0.2, 0.25) is 0 Å². The van der Waals surface area contributed by atoms with E-state index in [9.17, 15) is 10.2 Å². The van der Waals surface area contributed by atoms with E-state index >= 15 is 0 Å². The zero-order valence-electron chi connectivity index (χ0n) is 7.81. The first-order valence-corrected chi connectivity index (χ1v) is 5.09. The molecule has 0 aliphatic carbocycles. The van der Waals surface area contributed by atoms with Crippen LogP contribution in [0.2, 0.25) is 0 Å². The van der Waals surface area contributed by atoms with Crippen molar-refractivity contribution in [2.75, 3.05) is 6.61 Å². The lowest BCUT2D eigenvalue weighted by atomic mass is 10.00. The van der Waals surface area contributed by atoms with Gasteiger partial charge in [0.25, 0.3) is 0 Å². The minimum atomic E-state index is -1.14. The summed E-state index contributed by atoms with van der Waals surface area (Å²) < 4.78 is 0.874. The van der Waals surface area contributed by atoms with Crippen LogP contribution >= 0.6 is 15.9 Å². The van der Waals surface area contributed by atoms with Crippen LogP contribution < -0.4 is 0 Å². The van der Waals surface area contributed by atoms with E-state index in [-0.39, 0.29) is 0 Å². The first-order chi connectivity index (χ1) is 6.57. The Morgan fingerprint density at radius 3 is 2.57 bits per heavy atom. The fourth-order valence-electron chi connectivity index (χ4n) is 1.25. The van der Waals surface area contributed by atoms with Crippen molar-refractivity contribution >= 4 is 15.9 Å². The van der Waals surface area contributed by atoms with Gasteiger partial charge in [0, 0.05) is 4.47 Å². The molecule has 0 amide bonds. The Kier molecular flexibility index (Phi) is 4.07. The van der Waals surface area contributed by atoms with Crippen LogP contribution in [0.15, 0.2) is 22.7 Å². The summed E-state index contributed by atoms with van der Waals surface area (Å²) in [6.45, 7) is 1.39. The summed E-state index contributed by atoms with van der Waals surface area (Å²) in [5.41, 5.74) is 1.49. The van der Waals surface area contributed by atoms with Crippen molar-refractivity contribution in [3.05, 3.63) is 33.8 Å². The summed E-state index contributed by atoms with van der Waals surface area (Å²) >= 11 is 3.33. The van der Waals surface area contributed by atoms with Gasteiger partial charge in [-0.05, 0) is 24.1 Å². The molecule has 3 N–H and O–H groups in total. The van der Waals surface area contributed by atoms with Crippen LogP contribution in [0.3, 0.4) is 0 Å². The number of halogens is 1. The lowest BCUT2D eigenvalue weighted by molar-refractivity contribution is -0.0155. The highest BCUT2D eigenvalue weighted by Gasteiger charge is 2.19. The van der Waals surface area contributed by atoms with E-state index in [2.05, 4.69) is 15.9 Å². The molecule has 0 saturated carbocycles. The van der Waals surface area contributed by atoms with Crippen molar-refractivity contribution in [2.24, 2.45) is 0 Å². The van der Waals surface area contributed by atoms with Gasteiger partial charge in [0.15, 0.2) is 0 Å². The third-order valence-electron chi connectivity index (χ3n) is 2.18. The van der Waals surface area contributed by atoms with Gasteiger partial charge in [-0.25, -0.2) is 0 Å². The predicted molar refractivity (Wildman–Crippen MR) is 56.9 cm³/mol. The number of aliphatic hydroxyl groups is 3. The molecule has 78 valence electrons. The predicted octanol–water partition coefficient (Wildman–Crippen LogP) is 1.14. The van der Waals surface area contributed by atoms with Crippen molar-refractivity contribution in [1.82, 2.24) is 0 Å². The third-order valence-corrected chi connectivity index (χ3v) is 3.04. The molecule has 0 aliphatic rings. The number of benzene rings is 1. The first-order valence-electron chi connectivity index (χ1n) is 4.30. The second-order valence-electron chi connectivity index (χ2n) is 3.15. The van der Waals surface area contributed by atoms with Crippen molar-refractivity contribution < 1.29 is 15.3 Å². The average molecular weight is 261 g/mol. The van der Waals surface area contributed by atoms with E-state index in [0.717, 1.165) is 10.0 Å². The van der Waals surface area contributed by atoms with Gasteiger partial charge in [0.05, 0.1) is 6.61 Å². The summed E-state index contributed by atoms with van der Waals surface area (Å²) in [5, 5.41) is 27.6. The van der Waals surface area contributed by atoms with Crippen LogP contribution in [0.4, 0.5) is 0 Å². The van der Waals surface area contributed by atoms with E-state index in [4.69, 9.17) is 5.11 Å². The lowest BCUT2D eigenvalue weighted by Gasteiger charge is -2.18. The molecule has 1 rings (SSSR count). The minimum Gasteiger partial charge on any atom is -0.394 e. The highest BCUT2D eigenvalue weighted by atomic mass is 79.9. The minimum absolute atomic E-state index is 0.451. The Morgan fingerprint density at radius 2 is 2.00 bits per heavy atom. The molecule has 0 aliphatic heterocycles. The fourth-order valence-corrected chi connectivity index (χ4v) is 1.63. The van der Waals surface area contributed by atoms with Gasteiger partial charge in [0.1, 0.15) is 12.2 Å². The van der Waals surface area contributed by atoms with E-state index in [0.29, 0.717) is 5.56 Å². The number of hydrogen-bond acceptors (Lipinski definition) is 3. The maximum Gasteiger partial charge on any atom is 0.107 e. The molecule has 0 aromatic heterocycles. The second-order valence-corrected chi connectivity index (χ2v) is 4.00. The molecule has 0 radical (unpaired) electrons.